The molecule has 4 saturated heterocycles. The summed E-state index contributed by atoms with van der Waals surface area (Å²) < 4.78 is 66.9. The third-order valence-electron chi connectivity index (χ3n) is 11.2. The molecule has 9 rings (SSSR count). The van der Waals surface area contributed by atoms with Gasteiger partial charge in [-0.05, 0) is 62.2 Å². The van der Waals surface area contributed by atoms with Gasteiger partial charge in [0.1, 0.15) is 35.2 Å². The van der Waals surface area contributed by atoms with Crippen LogP contribution in [0.25, 0.3) is 32.9 Å². The number of piperazine rings is 1. The van der Waals surface area contributed by atoms with Crippen molar-refractivity contribution in [2.45, 2.75) is 62.1 Å². The normalized spacial score (nSPS) is 29.1. The lowest BCUT2D eigenvalue weighted by atomic mass is 9.89. The minimum absolute atomic E-state index is 0.0460. The highest BCUT2D eigenvalue weighted by Gasteiger charge is 2.77. The Bertz CT molecular complexity index is 2020. The number of fused-ring (bicyclic) bond motifs is 5. The van der Waals surface area contributed by atoms with Crippen molar-refractivity contribution in [3.63, 3.8) is 0 Å². The molecule has 4 atom stereocenters. The maximum Gasteiger partial charge on any atom is 0.319 e. The molecule has 4 aliphatic heterocycles. The Labute approximate surface area is 268 Å². The molecular weight excluding hydrogens is 612 g/mol. The van der Waals surface area contributed by atoms with E-state index in [0.717, 1.165) is 32.2 Å². The third kappa shape index (κ3) is 4.32. The molecule has 0 radical (unpaired) electrons. The van der Waals surface area contributed by atoms with Crippen molar-refractivity contribution >= 4 is 27.5 Å². The van der Waals surface area contributed by atoms with Gasteiger partial charge < -0.3 is 20.1 Å². The van der Waals surface area contributed by atoms with Gasteiger partial charge in [-0.2, -0.15) is 9.97 Å². The van der Waals surface area contributed by atoms with Gasteiger partial charge in [-0.15, -0.1) is 6.42 Å². The first kappa shape index (κ1) is 29.0. The van der Waals surface area contributed by atoms with E-state index < -0.39 is 28.5 Å². The first-order valence-electron chi connectivity index (χ1n) is 16.1. The molecule has 1 spiro atoms. The number of aromatic nitrogens is 3. The lowest BCUT2D eigenvalue weighted by molar-refractivity contribution is 0.0647. The van der Waals surface area contributed by atoms with E-state index in [1.807, 2.05) is 0 Å². The van der Waals surface area contributed by atoms with Gasteiger partial charge in [-0.1, -0.05) is 12.0 Å². The summed E-state index contributed by atoms with van der Waals surface area (Å²) in [5, 5.41) is 15.2. The summed E-state index contributed by atoms with van der Waals surface area (Å²) in [6.07, 6.45) is 11.1. The van der Waals surface area contributed by atoms with Crippen molar-refractivity contribution in [3.8, 4) is 35.4 Å². The van der Waals surface area contributed by atoms with Crippen LogP contribution < -0.4 is 15.0 Å². The summed E-state index contributed by atoms with van der Waals surface area (Å²) in [4.78, 5) is 18.1. The van der Waals surface area contributed by atoms with E-state index in [1.165, 1.54) is 30.5 Å². The summed E-state index contributed by atoms with van der Waals surface area (Å²) in [7, 11) is 0. The van der Waals surface area contributed by atoms with E-state index in [9.17, 15) is 18.3 Å². The Morgan fingerprint density at radius 1 is 1.11 bits per heavy atom. The molecule has 2 aromatic heterocycles. The Balaban J connectivity index is 1.16. The van der Waals surface area contributed by atoms with Gasteiger partial charge in [0.25, 0.3) is 5.92 Å². The number of rotatable bonds is 5. The van der Waals surface area contributed by atoms with Crippen LogP contribution in [0, 0.1) is 29.4 Å². The second kappa shape index (κ2) is 9.90. The molecule has 1 aliphatic carbocycles. The fraction of sp³-hybridized carbons (Fsp3) is 0.457. The lowest BCUT2D eigenvalue weighted by Crippen LogP contribution is -2.51. The molecule has 12 heteroatoms. The van der Waals surface area contributed by atoms with Gasteiger partial charge in [-0.25, -0.2) is 17.6 Å². The fourth-order valence-electron chi connectivity index (χ4n) is 8.89. The molecule has 1 saturated carbocycles. The van der Waals surface area contributed by atoms with Crippen LogP contribution in [0.4, 0.5) is 23.4 Å². The number of phenolic OH excluding ortho intramolecular Hbond substituents is 1. The largest absolute Gasteiger partial charge is 0.508 e. The van der Waals surface area contributed by atoms with E-state index in [1.54, 1.807) is 0 Å². The number of alkyl halides is 2. The van der Waals surface area contributed by atoms with Crippen molar-refractivity contribution in [2.75, 3.05) is 37.7 Å². The molecule has 2 N–H and O–H groups in total. The highest BCUT2D eigenvalue weighted by Crippen LogP contribution is 2.69. The standard InChI is InChI=1S/C35H32F4N6O2/c1-2-23-26(36)7-4-19-10-22(46)11-24(27(19)23)29-28(37)30-25(12-40-29)31(44-13-20-5-6-21(14-44)41-20)43-32(42-30)47-18-34-8-3-9-45(34)17-33(15-34)16-35(33,38)39/h1,4,7,10-12,20-21,41,46H,3,5-6,8-9,13-18H2/t20-,21+,33-,34+/m1/s1. The Hall–Kier alpha value is -4.21. The molecule has 0 unspecified atom stereocenters. The van der Waals surface area contributed by atoms with Crippen molar-refractivity contribution in [3.05, 3.63) is 47.7 Å². The highest BCUT2D eigenvalue weighted by molar-refractivity contribution is 6.03. The number of nitrogens with zero attached hydrogens (tertiary/aromatic N) is 5. The number of terminal acetylenes is 1. The number of ether oxygens (including phenoxy) is 1. The SMILES string of the molecule is C#Cc1c(F)ccc2cc(O)cc(-c3ncc4c(N5C[C@H]6CC[C@@H](C5)N6)nc(OC[C@@]56CCCN5C[C@]5(CC5(F)F)C6)nc4c3F)c12. The minimum Gasteiger partial charge on any atom is -0.508 e. The summed E-state index contributed by atoms with van der Waals surface area (Å²) >= 11 is 0. The third-order valence-corrected chi connectivity index (χ3v) is 11.2. The molecule has 242 valence electrons. The molecule has 8 nitrogen and oxygen atoms in total. The molecule has 5 fully saturated rings. The van der Waals surface area contributed by atoms with Crippen LogP contribution in [0.2, 0.25) is 0 Å². The predicted octanol–water partition coefficient (Wildman–Crippen LogP) is 5.39. The van der Waals surface area contributed by atoms with Crippen LogP contribution in [-0.4, -0.2) is 81.3 Å². The molecule has 4 aromatic rings. The number of halogens is 4. The predicted molar refractivity (Wildman–Crippen MR) is 168 cm³/mol. The van der Waals surface area contributed by atoms with Gasteiger partial charge in [0.15, 0.2) is 5.82 Å². The van der Waals surface area contributed by atoms with Crippen molar-refractivity contribution in [2.24, 2.45) is 5.41 Å². The molecular formula is C35H32F4N6O2. The summed E-state index contributed by atoms with van der Waals surface area (Å²) in [5.41, 5.74) is -1.71. The number of phenols is 1. The van der Waals surface area contributed by atoms with Gasteiger partial charge in [0.2, 0.25) is 0 Å². The van der Waals surface area contributed by atoms with Crippen molar-refractivity contribution < 1.29 is 27.4 Å². The monoisotopic (exact) mass is 644 g/mol. The smallest absolute Gasteiger partial charge is 0.319 e. The van der Waals surface area contributed by atoms with Gasteiger partial charge >= 0.3 is 6.01 Å². The van der Waals surface area contributed by atoms with Crippen LogP contribution in [-0.2, 0) is 0 Å². The zero-order valence-corrected chi connectivity index (χ0v) is 25.5. The number of anilines is 1. The maximum atomic E-state index is 16.8. The van der Waals surface area contributed by atoms with Crippen molar-refractivity contribution in [1.82, 2.24) is 25.2 Å². The van der Waals surface area contributed by atoms with Crippen LogP contribution in [0.3, 0.4) is 0 Å². The topological polar surface area (TPSA) is 86.6 Å². The van der Waals surface area contributed by atoms with Crippen LogP contribution in [0.15, 0.2) is 30.5 Å². The quantitative estimate of drug-likeness (QED) is 0.221. The Morgan fingerprint density at radius 2 is 1.89 bits per heavy atom. The van der Waals surface area contributed by atoms with Crippen LogP contribution in [0.5, 0.6) is 11.8 Å². The molecule has 47 heavy (non-hydrogen) atoms. The van der Waals surface area contributed by atoms with E-state index in [2.05, 4.69) is 31.0 Å². The first-order valence-corrected chi connectivity index (χ1v) is 16.1. The molecule has 6 heterocycles. The summed E-state index contributed by atoms with van der Waals surface area (Å²) in [5.74, 6) is -1.44. The summed E-state index contributed by atoms with van der Waals surface area (Å²) in [6, 6.07) is 5.89. The van der Waals surface area contributed by atoms with E-state index in [-0.39, 0.29) is 64.6 Å². The molecule has 0 amide bonds. The van der Waals surface area contributed by atoms with E-state index in [0.29, 0.717) is 42.6 Å². The first-order chi connectivity index (χ1) is 22.6. The second-order valence-corrected chi connectivity index (χ2v) is 14.1. The molecule has 2 bridgehead atoms. The zero-order chi connectivity index (χ0) is 32.3. The number of pyridine rings is 1. The fourth-order valence-corrected chi connectivity index (χ4v) is 8.89. The Kier molecular flexibility index (Phi) is 6.10. The van der Waals surface area contributed by atoms with Gasteiger partial charge in [-0.3, -0.25) is 9.88 Å². The number of benzene rings is 2. The molecule has 5 aliphatic rings. The summed E-state index contributed by atoms with van der Waals surface area (Å²) in [6.45, 7) is 2.50. The number of hydrogen-bond donors (Lipinski definition) is 2. The van der Waals surface area contributed by atoms with Gasteiger partial charge in [0, 0.05) is 55.3 Å². The molecule has 2 aromatic carbocycles. The highest BCUT2D eigenvalue weighted by atomic mass is 19.3. The maximum absolute atomic E-state index is 16.8. The van der Waals surface area contributed by atoms with E-state index in [4.69, 9.17) is 16.1 Å². The average molecular weight is 645 g/mol. The van der Waals surface area contributed by atoms with Gasteiger partial charge in [0.05, 0.1) is 21.9 Å². The van der Waals surface area contributed by atoms with Crippen LogP contribution >= 0.6 is 0 Å². The number of aromatic hydroxyl groups is 1. The number of hydrogen-bond acceptors (Lipinski definition) is 8. The lowest BCUT2D eigenvalue weighted by Gasteiger charge is -2.34. The Morgan fingerprint density at radius 3 is 2.64 bits per heavy atom. The number of nitrogens with one attached hydrogen (secondary N) is 1. The zero-order valence-electron chi connectivity index (χ0n) is 25.5. The second-order valence-electron chi connectivity index (χ2n) is 14.1. The van der Waals surface area contributed by atoms with E-state index >= 15 is 4.39 Å². The van der Waals surface area contributed by atoms with Crippen LogP contribution in [0.1, 0.15) is 44.1 Å². The average Bonchev–Trinajstić information content (AvgIpc) is 3.37. The minimum atomic E-state index is -2.66. The van der Waals surface area contributed by atoms with Crippen molar-refractivity contribution in [1.29, 1.82) is 0 Å².